The van der Waals surface area contributed by atoms with E-state index in [1.54, 1.807) is 7.11 Å². The molecule has 0 amide bonds. The Bertz CT molecular complexity index is 1220. The number of rotatable bonds is 2. The minimum atomic E-state index is 0.128. The Labute approximate surface area is 169 Å². The first kappa shape index (κ1) is 16.7. The number of fused-ring (bicyclic) bond motifs is 6. The highest BCUT2D eigenvalue weighted by Gasteiger charge is 2.43. The van der Waals surface area contributed by atoms with E-state index in [9.17, 15) is 0 Å². The summed E-state index contributed by atoms with van der Waals surface area (Å²) in [5.74, 6) is 1.56. The van der Waals surface area contributed by atoms with Gasteiger partial charge in [-0.15, -0.1) is 5.10 Å². The van der Waals surface area contributed by atoms with Gasteiger partial charge < -0.3 is 4.74 Å². The summed E-state index contributed by atoms with van der Waals surface area (Å²) < 4.78 is 7.15. The van der Waals surface area contributed by atoms with E-state index in [4.69, 9.17) is 19.8 Å². The maximum absolute atomic E-state index is 5.28. The molecule has 144 valence electrons. The molecule has 0 radical (unpaired) electrons. The average Bonchev–Trinajstić information content (AvgIpc) is 3.41. The summed E-state index contributed by atoms with van der Waals surface area (Å²) in [5.41, 5.74) is 7.12. The van der Waals surface area contributed by atoms with Crippen molar-refractivity contribution in [3.05, 3.63) is 66.0 Å². The van der Waals surface area contributed by atoms with E-state index in [2.05, 4.69) is 24.3 Å². The molecular weight excluding hydrogens is 360 g/mol. The second kappa shape index (κ2) is 6.14. The maximum atomic E-state index is 5.28. The molecule has 1 fully saturated rings. The van der Waals surface area contributed by atoms with Crippen molar-refractivity contribution in [2.45, 2.75) is 37.5 Å². The molecule has 0 bridgehead atoms. The van der Waals surface area contributed by atoms with Crippen LogP contribution in [0, 0.1) is 0 Å². The smallest absolute Gasteiger partial charge is 0.182 e. The third-order valence-electron chi connectivity index (χ3n) is 6.63. The summed E-state index contributed by atoms with van der Waals surface area (Å²) >= 11 is 0. The Kier molecular flexibility index (Phi) is 3.54. The minimum absolute atomic E-state index is 0.128. The van der Waals surface area contributed by atoms with Crippen LogP contribution in [0.1, 0.15) is 36.8 Å². The highest BCUT2D eigenvalue weighted by molar-refractivity contribution is 5.78. The Morgan fingerprint density at radius 2 is 1.79 bits per heavy atom. The fourth-order valence-corrected chi connectivity index (χ4v) is 5.25. The van der Waals surface area contributed by atoms with Crippen molar-refractivity contribution >= 4 is 5.65 Å². The molecule has 1 saturated carbocycles. The van der Waals surface area contributed by atoms with Crippen molar-refractivity contribution in [2.24, 2.45) is 0 Å². The summed E-state index contributed by atoms with van der Waals surface area (Å²) in [5, 5.41) is 4.76. The molecule has 0 atom stereocenters. The zero-order valence-corrected chi connectivity index (χ0v) is 16.4. The SMILES string of the molecule is COc1ccc(-c2nc3c4c(ncn3n2)-c2ccccc2CC42CCCC2)cc1. The average molecular weight is 382 g/mol. The topological polar surface area (TPSA) is 52.3 Å². The first-order valence-corrected chi connectivity index (χ1v) is 10.3. The second-order valence-electron chi connectivity index (χ2n) is 8.22. The zero-order valence-electron chi connectivity index (χ0n) is 16.4. The first-order valence-electron chi connectivity index (χ1n) is 10.3. The first-order chi connectivity index (χ1) is 14.3. The second-order valence-corrected chi connectivity index (χ2v) is 8.22. The van der Waals surface area contributed by atoms with Crippen molar-refractivity contribution in [1.29, 1.82) is 0 Å². The molecule has 5 nitrogen and oxygen atoms in total. The highest BCUT2D eigenvalue weighted by Crippen LogP contribution is 2.52. The van der Waals surface area contributed by atoms with E-state index < -0.39 is 0 Å². The number of aromatic nitrogens is 4. The van der Waals surface area contributed by atoms with Crippen LogP contribution >= 0.6 is 0 Å². The third kappa shape index (κ3) is 2.43. The zero-order chi connectivity index (χ0) is 19.4. The van der Waals surface area contributed by atoms with Crippen LogP contribution in [0.15, 0.2) is 54.9 Å². The number of hydrogen-bond acceptors (Lipinski definition) is 4. The van der Waals surface area contributed by atoms with Crippen molar-refractivity contribution in [3.8, 4) is 28.4 Å². The lowest BCUT2D eigenvalue weighted by atomic mass is 9.68. The van der Waals surface area contributed by atoms with Crippen LogP contribution in [0.25, 0.3) is 28.3 Å². The minimum Gasteiger partial charge on any atom is -0.497 e. The van der Waals surface area contributed by atoms with Gasteiger partial charge in [0.2, 0.25) is 0 Å². The number of nitrogens with zero attached hydrogens (tertiary/aromatic N) is 4. The van der Waals surface area contributed by atoms with Crippen molar-refractivity contribution < 1.29 is 4.74 Å². The van der Waals surface area contributed by atoms with Gasteiger partial charge in [-0.3, -0.25) is 0 Å². The molecule has 2 aromatic carbocycles. The third-order valence-corrected chi connectivity index (χ3v) is 6.63. The van der Waals surface area contributed by atoms with Gasteiger partial charge in [-0.2, -0.15) is 0 Å². The van der Waals surface area contributed by atoms with Crippen LogP contribution in [0.3, 0.4) is 0 Å². The summed E-state index contributed by atoms with van der Waals surface area (Å²) in [4.78, 5) is 9.90. The van der Waals surface area contributed by atoms with Gasteiger partial charge in [0.05, 0.1) is 12.8 Å². The lowest BCUT2D eigenvalue weighted by molar-refractivity contribution is 0.415. The van der Waals surface area contributed by atoms with Crippen molar-refractivity contribution in [2.75, 3.05) is 7.11 Å². The van der Waals surface area contributed by atoms with E-state index in [0.29, 0.717) is 0 Å². The van der Waals surface area contributed by atoms with Gasteiger partial charge in [0.25, 0.3) is 0 Å². The maximum Gasteiger partial charge on any atom is 0.182 e. The van der Waals surface area contributed by atoms with Crippen molar-refractivity contribution in [1.82, 2.24) is 19.6 Å². The van der Waals surface area contributed by atoms with E-state index in [1.807, 2.05) is 35.1 Å². The van der Waals surface area contributed by atoms with Crippen molar-refractivity contribution in [3.63, 3.8) is 0 Å². The van der Waals surface area contributed by atoms with Gasteiger partial charge >= 0.3 is 0 Å². The van der Waals surface area contributed by atoms with E-state index >= 15 is 0 Å². The molecule has 2 aliphatic rings. The van der Waals surface area contributed by atoms with Gasteiger partial charge in [0, 0.05) is 22.1 Å². The van der Waals surface area contributed by atoms with Crippen LogP contribution in [0.5, 0.6) is 5.75 Å². The van der Waals surface area contributed by atoms with Crippen LogP contribution in [0.4, 0.5) is 0 Å². The van der Waals surface area contributed by atoms with Gasteiger partial charge in [-0.05, 0) is 49.1 Å². The lowest BCUT2D eigenvalue weighted by Crippen LogP contribution is -2.31. The molecule has 5 heteroatoms. The standard InChI is InChI=1S/C24H22N4O/c1-29-18-10-8-16(9-11-18)22-26-23-20-21(25-15-28(23)27-22)19-7-3-2-6-17(19)14-24(20)12-4-5-13-24/h2-3,6-11,15H,4-5,12-14H2,1H3. The number of benzene rings is 2. The van der Waals surface area contributed by atoms with Gasteiger partial charge in [-0.1, -0.05) is 37.1 Å². The molecule has 2 heterocycles. The lowest BCUT2D eigenvalue weighted by Gasteiger charge is -2.36. The van der Waals surface area contributed by atoms with Crippen LogP contribution in [-0.2, 0) is 11.8 Å². The van der Waals surface area contributed by atoms with Crippen LogP contribution < -0.4 is 4.74 Å². The molecule has 0 aliphatic heterocycles. The largest absolute Gasteiger partial charge is 0.497 e. The normalized spacial score (nSPS) is 16.7. The molecule has 0 N–H and O–H groups in total. The molecule has 29 heavy (non-hydrogen) atoms. The van der Waals surface area contributed by atoms with E-state index in [1.165, 1.54) is 42.4 Å². The molecule has 4 aromatic rings. The fraction of sp³-hybridized carbons (Fsp3) is 0.292. The number of hydrogen-bond donors (Lipinski definition) is 0. The summed E-state index contributed by atoms with van der Waals surface area (Å²) in [6.45, 7) is 0. The molecule has 2 aromatic heterocycles. The highest BCUT2D eigenvalue weighted by atomic mass is 16.5. The summed E-state index contributed by atoms with van der Waals surface area (Å²) in [6, 6.07) is 16.6. The predicted octanol–water partition coefficient (Wildman–Crippen LogP) is 4.83. The molecular formula is C24H22N4O. The molecule has 6 rings (SSSR count). The molecule has 0 unspecified atom stereocenters. The molecule has 0 saturated heterocycles. The Balaban J connectivity index is 1.59. The fourth-order valence-electron chi connectivity index (χ4n) is 5.25. The Hall–Kier alpha value is -3.21. The van der Waals surface area contributed by atoms with Gasteiger partial charge in [0.1, 0.15) is 12.1 Å². The Morgan fingerprint density at radius 3 is 2.59 bits per heavy atom. The molecule has 2 aliphatic carbocycles. The quantitative estimate of drug-likeness (QED) is 0.498. The van der Waals surface area contributed by atoms with Crippen LogP contribution in [0.2, 0.25) is 0 Å². The summed E-state index contributed by atoms with van der Waals surface area (Å²) in [6.07, 6.45) is 7.81. The number of ether oxygens (including phenoxy) is 1. The predicted molar refractivity (Wildman–Crippen MR) is 112 cm³/mol. The monoisotopic (exact) mass is 382 g/mol. The number of methoxy groups -OCH3 is 1. The van der Waals surface area contributed by atoms with Gasteiger partial charge in [0.15, 0.2) is 11.5 Å². The van der Waals surface area contributed by atoms with E-state index in [0.717, 1.165) is 34.9 Å². The molecule has 1 spiro atoms. The Morgan fingerprint density at radius 1 is 1.00 bits per heavy atom. The van der Waals surface area contributed by atoms with Crippen LogP contribution in [-0.4, -0.2) is 26.7 Å². The summed E-state index contributed by atoms with van der Waals surface area (Å²) in [7, 11) is 1.68. The van der Waals surface area contributed by atoms with E-state index in [-0.39, 0.29) is 5.41 Å². The van der Waals surface area contributed by atoms with Gasteiger partial charge in [-0.25, -0.2) is 14.5 Å².